The Kier molecular flexibility index (Phi) is 5.94. The Hall–Kier alpha value is -3.12. The number of aromatic nitrogens is 1. The van der Waals surface area contributed by atoms with Gasteiger partial charge in [0.15, 0.2) is 0 Å². The van der Waals surface area contributed by atoms with Gasteiger partial charge in [-0.15, -0.1) is 0 Å². The third-order valence-electron chi connectivity index (χ3n) is 7.57. The quantitative estimate of drug-likeness (QED) is 0.630. The third kappa shape index (κ3) is 4.27. The van der Waals surface area contributed by atoms with Crippen molar-refractivity contribution in [3.05, 3.63) is 71.9 Å². The van der Waals surface area contributed by atoms with E-state index in [0.717, 1.165) is 44.3 Å². The maximum absolute atomic E-state index is 13.1. The lowest BCUT2D eigenvalue weighted by molar-refractivity contribution is -0.133. The van der Waals surface area contributed by atoms with Gasteiger partial charge >= 0.3 is 0 Å². The van der Waals surface area contributed by atoms with E-state index in [1.807, 2.05) is 58.5 Å². The van der Waals surface area contributed by atoms with Crippen LogP contribution in [0.15, 0.2) is 60.8 Å². The lowest BCUT2D eigenvalue weighted by Gasteiger charge is -2.39. The first kappa shape index (κ1) is 21.7. The number of carbonyl (C=O) groups excluding carboxylic acids is 2. The molecule has 1 atom stereocenters. The molecule has 2 saturated heterocycles. The number of benzene rings is 2. The van der Waals surface area contributed by atoms with Crippen LogP contribution in [0.5, 0.6) is 0 Å². The number of rotatable bonds is 5. The molecule has 2 fully saturated rings. The van der Waals surface area contributed by atoms with Gasteiger partial charge in [0.25, 0.3) is 5.91 Å². The highest BCUT2D eigenvalue weighted by Crippen LogP contribution is 2.44. The lowest BCUT2D eigenvalue weighted by atomic mass is 9.76. The van der Waals surface area contributed by atoms with E-state index >= 15 is 0 Å². The number of likely N-dealkylation sites (tertiary alicyclic amines) is 2. The van der Waals surface area contributed by atoms with E-state index in [4.69, 9.17) is 0 Å². The van der Waals surface area contributed by atoms with Gasteiger partial charge in [0.05, 0.1) is 12.6 Å². The van der Waals surface area contributed by atoms with Gasteiger partial charge in [-0.2, -0.15) is 0 Å². The van der Waals surface area contributed by atoms with Crippen LogP contribution < -0.4 is 0 Å². The van der Waals surface area contributed by atoms with Gasteiger partial charge in [-0.05, 0) is 54.9 Å². The first-order chi connectivity index (χ1) is 16.1. The summed E-state index contributed by atoms with van der Waals surface area (Å²) >= 11 is 0. The number of aromatic amines is 1. The molecule has 0 bridgehead atoms. The topological polar surface area (TPSA) is 76.6 Å². The number of piperidine rings is 1. The van der Waals surface area contributed by atoms with Crippen LogP contribution in [-0.4, -0.2) is 64.0 Å². The monoisotopic (exact) mass is 445 g/mol. The van der Waals surface area contributed by atoms with Crippen molar-refractivity contribution in [1.29, 1.82) is 0 Å². The Balaban J connectivity index is 1.18. The minimum Gasteiger partial charge on any atom is -0.394 e. The second-order valence-corrected chi connectivity index (χ2v) is 9.58. The molecule has 2 aromatic carbocycles. The van der Waals surface area contributed by atoms with Crippen LogP contribution >= 0.6 is 0 Å². The maximum atomic E-state index is 13.1. The van der Waals surface area contributed by atoms with Gasteiger partial charge in [-0.1, -0.05) is 36.4 Å². The number of aryl methyl sites for hydroxylation is 1. The Bertz CT molecular complexity index is 1130. The molecule has 172 valence electrons. The normalized spacial score (nSPS) is 20.0. The molecule has 5 rings (SSSR count). The van der Waals surface area contributed by atoms with E-state index in [-0.39, 0.29) is 29.9 Å². The van der Waals surface area contributed by atoms with Crippen molar-refractivity contribution >= 4 is 22.7 Å². The maximum Gasteiger partial charge on any atom is 0.254 e. The Morgan fingerprint density at radius 3 is 2.52 bits per heavy atom. The zero-order chi connectivity index (χ0) is 22.8. The molecule has 0 aliphatic carbocycles. The van der Waals surface area contributed by atoms with E-state index in [0.29, 0.717) is 18.5 Å². The standard InChI is InChI=1S/C27H31N3O3/c31-18-22-16-27(19-30(22)26(33)20-6-2-1-3-7-20)12-14-29(15-13-27)25(32)11-10-21-17-28-24-9-5-4-8-23(21)24/h1-9,17,22,28,31H,10-16,18-19H2. The van der Waals surface area contributed by atoms with Crippen molar-refractivity contribution in [1.82, 2.24) is 14.8 Å². The van der Waals surface area contributed by atoms with Gasteiger partial charge in [-0.25, -0.2) is 0 Å². The van der Waals surface area contributed by atoms with Crippen LogP contribution in [0.4, 0.5) is 0 Å². The Morgan fingerprint density at radius 2 is 1.76 bits per heavy atom. The van der Waals surface area contributed by atoms with Crippen molar-refractivity contribution in [3.8, 4) is 0 Å². The summed E-state index contributed by atoms with van der Waals surface area (Å²) in [4.78, 5) is 33.1. The summed E-state index contributed by atoms with van der Waals surface area (Å²) in [6.45, 7) is 2.08. The van der Waals surface area contributed by atoms with Crippen LogP contribution in [-0.2, 0) is 11.2 Å². The molecular weight excluding hydrogens is 414 g/mol. The second-order valence-electron chi connectivity index (χ2n) is 9.58. The fourth-order valence-corrected chi connectivity index (χ4v) is 5.64. The fourth-order valence-electron chi connectivity index (χ4n) is 5.64. The molecular formula is C27H31N3O3. The average molecular weight is 446 g/mol. The molecule has 1 spiro atoms. The van der Waals surface area contributed by atoms with Gasteiger partial charge in [-0.3, -0.25) is 9.59 Å². The molecule has 6 heteroatoms. The van der Waals surface area contributed by atoms with Crippen LogP contribution in [0.1, 0.15) is 41.6 Å². The summed E-state index contributed by atoms with van der Waals surface area (Å²) in [6.07, 6.45) is 5.80. The van der Waals surface area contributed by atoms with Crippen LogP contribution in [0, 0.1) is 5.41 Å². The molecule has 2 N–H and O–H groups in total. The zero-order valence-corrected chi connectivity index (χ0v) is 18.9. The highest BCUT2D eigenvalue weighted by molar-refractivity contribution is 5.94. The molecule has 2 aliphatic heterocycles. The number of H-pyrrole nitrogens is 1. The molecule has 0 saturated carbocycles. The number of aliphatic hydroxyl groups is 1. The number of hydrogen-bond acceptors (Lipinski definition) is 3. The fraction of sp³-hybridized carbons (Fsp3) is 0.407. The summed E-state index contributed by atoms with van der Waals surface area (Å²) < 4.78 is 0. The van der Waals surface area contributed by atoms with Crippen LogP contribution in [0.3, 0.4) is 0 Å². The molecule has 3 aromatic rings. The predicted molar refractivity (Wildman–Crippen MR) is 128 cm³/mol. The first-order valence-corrected chi connectivity index (χ1v) is 11.9. The number of carbonyl (C=O) groups is 2. The molecule has 33 heavy (non-hydrogen) atoms. The van der Waals surface area contributed by atoms with Gasteiger partial charge in [0, 0.05) is 48.7 Å². The molecule has 6 nitrogen and oxygen atoms in total. The van der Waals surface area contributed by atoms with Gasteiger partial charge in [0.1, 0.15) is 0 Å². The van der Waals surface area contributed by atoms with E-state index in [1.54, 1.807) is 0 Å². The number of amides is 2. The van der Waals surface area contributed by atoms with Gasteiger partial charge < -0.3 is 19.9 Å². The number of aliphatic hydroxyl groups excluding tert-OH is 1. The highest BCUT2D eigenvalue weighted by Gasteiger charge is 2.47. The van der Waals surface area contributed by atoms with Crippen LogP contribution in [0.2, 0.25) is 0 Å². The molecule has 1 aromatic heterocycles. The molecule has 2 amide bonds. The average Bonchev–Trinajstić information content (AvgIpc) is 3.44. The van der Waals surface area contributed by atoms with Crippen LogP contribution in [0.25, 0.3) is 10.9 Å². The Morgan fingerprint density at radius 1 is 1.03 bits per heavy atom. The van der Waals surface area contributed by atoms with Crippen molar-refractivity contribution < 1.29 is 14.7 Å². The second kappa shape index (κ2) is 9.02. The molecule has 1 unspecified atom stereocenters. The van der Waals surface area contributed by atoms with Crippen molar-refractivity contribution in [2.45, 2.75) is 38.1 Å². The number of nitrogens with zero attached hydrogens (tertiary/aromatic N) is 2. The molecule has 2 aliphatic rings. The SMILES string of the molecule is O=C(CCc1c[nH]c2ccccc12)N1CCC2(CC1)CC(CO)N(C(=O)c1ccccc1)C2. The van der Waals surface area contributed by atoms with Crippen molar-refractivity contribution in [2.24, 2.45) is 5.41 Å². The van der Waals surface area contributed by atoms with Crippen molar-refractivity contribution in [3.63, 3.8) is 0 Å². The van der Waals surface area contributed by atoms with E-state index in [9.17, 15) is 14.7 Å². The van der Waals surface area contributed by atoms with E-state index in [2.05, 4.69) is 17.1 Å². The number of fused-ring (bicyclic) bond motifs is 1. The van der Waals surface area contributed by atoms with E-state index in [1.165, 1.54) is 10.9 Å². The summed E-state index contributed by atoms with van der Waals surface area (Å²) in [5, 5.41) is 11.1. The molecule has 0 radical (unpaired) electrons. The number of para-hydroxylation sites is 1. The van der Waals surface area contributed by atoms with Gasteiger partial charge in [0.2, 0.25) is 5.91 Å². The summed E-state index contributed by atoms with van der Waals surface area (Å²) in [5.41, 5.74) is 2.95. The minimum absolute atomic E-state index is 0.00847. The van der Waals surface area contributed by atoms with E-state index < -0.39 is 0 Å². The molecule has 3 heterocycles. The zero-order valence-electron chi connectivity index (χ0n) is 18.9. The lowest BCUT2D eigenvalue weighted by Crippen LogP contribution is -2.44. The third-order valence-corrected chi connectivity index (χ3v) is 7.57. The predicted octanol–water partition coefficient (Wildman–Crippen LogP) is 3.62. The smallest absolute Gasteiger partial charge is 0.254 e. The number of nitrogens with one attached hydrogen (secondary N) is 1. The largest absolute Gasteiger partial charge is 0.394 e. The Labute approximate surface area is 194 Å². The summed E-state index contributed by atoms with van der Waals surface area (Å²) in [5.74, 6) is 0.188. The van der Waals surface area contributed by atoms with Crippen molar-refractivity contribution in [2.75, 3.05) is 26.2 Å². The minimum atomic E-state index is -0.151. The number of hydrogen-bond donors (Lipinski definition) is 2. The first-order valence-electron chi connectivity index (χ1n) is 11.9. The highest BCUT2D eigenvalue weighted by atomic mass is 16.3. The summed E-state index contributed by atoms with van der Waals surface area (Å²) in [6, 6.07) is 17.3. The summed E-state index contributed by atoms with van der Waals surface area (Å²) in [7, 11) is 0.